The molecule has 0 aromatic heterocycles. The first kappa shape index (κ1) is 15.1. The number of anilines is 2. The number of carbonyl (C=O) groups is 1. The lowest BCUT2D eigenvalue weighted by Gasteiger charge is -2.29. The lowest BCUT2D eigenvalue weighted by molar-refractivity contribution is -0.137. The van der Waals surface area contributed by atoms with Crippen LogP contribution in [-0.2, 0) is 11.0 Å². The lowest BCUT2D eigenvalue weighted by Crippen LogP contribution is -2.39. The standard InChI is InChI=1S/C12H16F3N3O/c1-7(2)18(6-11(17)19)10-4-3-8(5-9(10)16)12(13,14)15/h3-5,7H,6,16H2,1-2H3,(H2,17,19). The smallest absolute Gasteiger partial charge is 0.397 e. The molecule has 0 fully saturated rings. The van der Waals surface area contributed by atoms with Gasteiger partial charge in [-0.1, -0.05) is 0 Å². The van der Waals surface area contributed by atoms with Gasteiger partial charge in [-0.3, -0.25) is 4.79 Å². The van der Waals surface area contributed by atoms with Gasteiger partial charge in [-0.05, 0) is 32.0 Å². The van der Waals surface area contributed by atoms with Crippen molar-refractivity contribution in [3.8, 4) is 0 Å². The Labute approximate surface area is 109 Å². The molecule has 1 amide bonds. The molecular formula is C12H16F3N3O. The van der Waals surface area contributed by atoms with Crippen molar-refractivity contribution in [2.24, 2.45) is 5.73 Å². The van der Waals surface area contributed by atoms with Crippen LogP contribution in [0.15, 0.2) is 18.2 Å². The number of nitrogens with two attached hydrogens (primary N) is 2. The fourth-order valence-corrected chi connectivity index (χ4v) is 1.71. The van der Waals surface area contributed by atoms with Crippen LogP contribution in [0.2, 0.25) is 0 Å². The van der Waals surface area contributed by atoms with Crippen molar-refractivity contribution in [2.75, 3.05) is 17.2 Å². The van der Waals surface area contributed by atoms with Crippen LogP contribution in [0, 0.1) is 0 Å². The summed E-state index contributed by atoms with van der Waals surface area (Å²) >= 11 is 0. The number of nitrogens with zero attached hydrogens (tertiary/aromatic N) is 1. The van der Waals surface area contributed by atoms with Crippen LogP contribution in [-0.4, -0.2) is 18.5 Å². The molecule has 0 radical (unpaired) electrons. The summed E-state index contributed by atoms with van der Waals surface area (Å²) in [5, 5.41) is 0. The Morgan fingerprint density at radius 1 is 1.37 bits per heavy atom. The molecule has 0 aliphatic carbocycles. The van der Waals surface area contributed by atoms with E-state index in [0.717, 1.165) is 12.1 Å². The molecule has 0 aliphatic heterocycles. The molecule has 19 heavy (non-hydrogen) atoms. The maximum atomic E-state index is 12.5. The molecule has 0 saturated carbocycles. The summed E-state index contributed by atoms with van der Waals surface area (Å²) in [6.45, 7) is 3.48. The molecule has 4 nitrogen and oxygen atoms in total. The topological polar surface area (TPSA) is 72.3 Å². The average Bonchev–Trinajstić information content (AvgIpc) is 2.24. The van der Waals surface area contributed by atoms with E-state index in [-0.39, 0.29) is 18.3 Å². The van der Waals surface area contributed by atoms with Crippen molar-refractivity contribution in [2.45, 2.75) is 26.1 Å². The van der Waals surface area contributed by atoms with Crippen LogP contribution in [0.4, 0.5) is 24.5 Å². The number of hydrogen-bond acceptors (Lipinski definition) is 3. The minimum Gasteiger partial charge on any atom is -0.397 e. The first-order valence-corrected chi connectivity index (χ1v) is 5.64. The van der Waals surface area contributed by atoms with E-state index in [2.05, 4.69) is 0 Å². The summed E-state index contributed by atoms with van der Waals surface area (Å²) in [7, 11) is 0. The molecule has 1 aromatic rings. The Kier molecular flexibility index (Phi) is 4.28. The van der Waals surface area contributed by atoms with Gasteiger partial charge in [0.25, 0.3) is 0 Å². The predicted octanol–water partition coefficient (Wildman–Crippen LogP) is 1.99. The molecule has 1 aromatic carbocycles. The average molecular weight is 275 g/mol. The van der Waals surface area contributed by atoms with Gasteiger partial charge >= 0.3 is 6.18 Å². The Bertz CT molecular complexity index is 472. The Morgan fingerprint density at radius 2 is 1.95 bits per heavy atom. The molecular weight excluding hydrogens is 259 g/mol. The fourth-order valence-electron chi connectivity index (χ4n) is 1.71. The van der Waals surface area contributed by atoms with E-state index in [0.29, 0.717) is 5.69 Å². The van der Waals surface area contributed by atoms with Gasteiger partial charge in [0.2, 0.25) is 5.91 Å². The summed E-state index contributed by atoms with van der Waals surface area (Å²) in [5.74, 6) is -0.576. The molecule has 0 saturated heterocycles. The van der Waals surface area contributed by atoms with Crippen LogP contribution in [0.3, 0.4) is 0 Å². The molecule has 4 N–H and O–H groups in total. The van der Waals surface area contributed by atoms with Gasteiger partial charge in [-0.15, -0.1) is 0 Å². The summed E-state index contributed by atoms with van der Waals surface area (Å²) in [4.78, 5) is 12.5. The Balaban J connectivity index is 3.16. The van der Waals surface area contributed by atoms with Gasteiger partial charge in [-0.2, -0.15) is 13.2 Å². The number of benzene rings is 1. The number of amides is 1. The first-order valence-electron chi connectivity index (χ1n) is 5.64. The van der Waals surface area contributed by atoms with Crippen molar-refractivity contribution < 1.29 is 18.0 Å². The molecule has 0 aliphatic rings. The van der Waals surface area contributed by atoms with Crippen molar-refractivity contribution in [3.05, 3.63) is 23.8 Å². The lowest BCUT2D eigenvalue weighted by atomic mass is 10.1. The second-order valence-corrected chi connectivity index (χ2v) is 4.46. The third kappa shape index (κ3) is 3.77. The number of hydrogen-bond donors (Lipinski definition) is 2. The maximum absolute atomic E-state index is 12.5. The van der Waals surface area contributed by atoms with E-state index >= 15 is 0 Å². The van der Waals surface area contributed by atoms with Crippen LogP contribution >= 0.6 is 0 Å². The Morgan fingerprint density at radius 3 is 2.32 bits per heavy atom. The van der Waals surface area contributed by atoms with E-state index in [4.69, 9.17) is 11.5 Å². The van der Waals surface area contributed by atoms with Gasteiger partial charge in [0.1, 0.15) is 0 Å². The highest BCUT2D eigenvalue weighted by molar-refractivity contribution is 5.82. The van der Waals surface area contributed by atoms with Crippen LogP contribution < -0.4 is 16.4 Å². The van der Waals surface area contributed by atoms with Gasteiger partial charge < -0.3 is 16.4 Å². The second kappa shape index (κ2) is 5.38. The largest absolute Gasteiger partial charge is 0.416 e. The normalized spacial score (nSPS) is 11.7. The molecule has 0 heterocycles. The van der Waals surface area contributed by atoms with Gasteiger partial charge in [0.15, 0.2) is 0 Å². The van der Waals surface area contributed by atoms with E-state index < -0.39 is 17.6 Å². The van der Waals surface area contributed by atoms with E-state index in [1.165, 1.54) is 6.07 Å². The number of primary amides is 1. The van der Waals surface area contributed by atoms with Gasteiger partial charge in [0.05, 0.1) is 23.5 Å². The summed E-state index contributed by atoms with van der Waals surface area (Å²) < 4.78 is 37.6. The summed E-state index contributed by atoms with van der Waals surface area (Å²) in [6.07, 6.45) is -4.45. The summed E-state index contributed by atoms with van der Waals surface area (Å²) in [5.41, 5.74) is 10.3. The molecule has 7 heteroatoms. The summed E-state index contributed by atoms with van der Waals surface area (Å²) in [6, 6.07) is 2.92. The maximum Gasteiger partial charge on any atom is 0.416 e. The minimum absolute atomic E-state index is 0.0372. The van der Waals surface area contributed by atoms with Crippen molar-refractivity contribution in [3.63, 3.8) is 0 Å². The van der Waals surface area contributed by atoms with Crippen LogP contribution in [0.25, 0.3) is 0 Å². The highest BCUT2D eigenvalue weighted by Crippen LogP contribution is 2.34. The van der Waals surface area contributed by atoms with Crippen molar-refractivity contribution in [1.29, 1.82) is 0 Å². The zero-order valence-corrected chi connectivity index (χ0v) is 10.7. The second-order valence-electron chi connectivity index (χ2n) is 4.46. The SMILES string of the molecule is CC(C)N(CC(N)=O)c1ccc(C(F)(F)F)cc1N. The number of halogens is 3. The number of alkyl halides is 3. The third-order valence-corrected chi connectivity index (χ3v) is 2.61. The minimum atomic E-state index is -4.45. The number of nitrogen functional groups attached to an aromatic ring is 1. The van der Waals surface area contributed by atoms with Gasteiger partial charge in [-0.25, -0.2) is 0 Å². The predicted molar refractivity (Wildman–Crippen MR) is 67.5 cm³/mol. The van der Waals surface area contributed by atoms with E-state index in [1.54, 1.807) is 18.7 Å². The zero-order chi connectivity index (χ0) is 14.8. The monoisotopic (exact) mass is 275 g/mol. The van der Waals surface area contributed by atoms with E-state index in [1.807, 2.05) is 0 Å². The van der Waals surface area contributed by atoms with E-state index in [9.17, 15) is 18.0 Å². The fraction of sp³-hybridized carbons (Fsp3) is 0.417. The highest BCUT2D eigenvalue weighted by Gasteiger charge is 2.31. The molecule has 0 atom stereocenters. The molecule has 0 bridgehead atoms. The first-order chi connectivity index (χ1) is 8.62. The molecule has 0 unspecified atom stereocenters. The van der Waals surface area contributed by atoms with Gasteiger partial charge in [0, 0.05) is 6.04 Å². The van der Waals surface area contributed by atoms with Crippen molar-refractivity contribution >= 4 is 17.3 Å². The number of carbonyl (C=O) groups excluding carboxylic acids is 1. The third-order valence-electron chi connectivity index (χ3n) is 2.61. The molecule has 106 valence electrons. The quantitative estimate of drug-likeness (QED) is 0.825. The Hall–Kier alpha value is -1.92. The highest BCUT2D eigenvalue weighted by atomic mass is 19.4. The molecule has 1 rings (SSSR count). The zero-order valence-electron chi connectivity index (χ0n) is 10.7. The van der Waals surface area contributed by atoms with Crippen LogP contribution in [0.1, 0.15) is 19.4 Å². The molecule has 0 spiro atoms. The van der Waals surface area contributed by atoms with Crippen LogP contribution in [0.5, 0.6) is 0 Å². The van der Waals surface area contributed by atoms with Crippen molar-refractivity contribution in [1.82, 2.24) is 0 Å². The number of rotatable bonds is 4.